The van der Waals surface area contributed by atoms with Gasteiger partial charge in [-0.25, -0.2) is 4.98 Å². The molecule has 2 aromatic rings. The van der Waals surface area contributed by atoms with Gasteiger partial charge in [0.15, 0.2) is 0 Å². The van der Waals surface area contributed by atoms with E-state index in [2.05, 4.69) is 10.3 Å². The summed E-state index contributed by atoms with van der Waals surface area (Å²) in [6.45, 7) is 3.53. The number of amides is 1. The molecule has 1 aromatic carbocycles. The molecule has 178 valence electrons. The number of hydrogen-bond donors (Lipinski definition) is 3. The molecule has 1 amide bonds. The smallest absolute Gasteiger partial charge is 0.416 e. The van der Waals surface area contributed by atoms with E-state index >= 15 is 0 Å². The van der Waals surface area contributed by atoms with Crippen LogP contribution in [0.15, 0.2) is 24.3 Å². The van der Waals surface area contributed by atoms with Gasteiger partial charge in [-0.3, -0.25) is 10.1 Å². The lowest BCUT2D eigenvalue weighted by Crippen LogP contribution is -2.51. The lowest BCUT2D eigenvalue weighted by Gasteiger charge is -2.33. The minimum atomic E-state index is -4.38. The number of halogens is 3. The Bertz CT molecular complexity index is 1020. The monoisotopic (exact) mass is 464 g/mol. The molecule has 33 heavy (non-hydrogen) atoms. The summed E-state index contributed by atoms with van der Waals surface area (Å²) >= 11 is 0. The van der Waals surface area contributed by atoms with Crippen LogP contribution >= 0.6 is 0 Å². The van der Waals surface area contributed by atoms with Gasteiger partial charge in [0.1, 0.15) is 11.6 Å². The molecule has 0 spiro atoms. The Labute approximate surface area is 189 Å². The first-order valence-corrected chi connectivity index (χ1v) is 11.0. The van der Waals surface area contributed by atoms with Crippen molar-refractivity contribution in [2.24, 2.45) is 0 Å². The number of likely N-dealkylation sites (tertiary alicyclic amines) is 1. The number of nitrogens with one attached hydrogen (secondary N) is 1. The van der Waals surface area contributed by atoms with Crippen LogP contribution in [0.2, 0.25) is 0 Å². The van der Waals surface area contributed by atoms with Crippen LogP contribution in [0.1, 0.15) is 47.2 Å². The summed E-state index contributed by atoms with van der Waals surface area (Å²) in [7, 11) is 0. The van der Waals surface area contributed by atoms with E-state index in [1.165, 1.54) is 23.6 Å². The third-order valence-electron chi connectivity index (χ3n) is 6.20. The summed E-state index contributed by atoms with van der Waals surface area (Å²) in [6, 6.07) is 3.79. The van der Waals surface area contributed by atoms with E-state index in [4.69, 9.17) is 15.6 Å². The molecule has 0 aliphatic carbocycles. The minimum Gasteiger partial charge on any atom is -0.508 e. The second-order valence-corrected chi connectivity index (χ2v) is 8.44. The molecular formula is C23H27F3N4O3. The van der Waals surface area contributed by atoms with Crippen molar-refractivity contribution in [3.63, 3.8) is 0 Å². The van der Waals surface area contributed by atoms with Crippen molar-refractivity contribution in [3.8, 4) is 5.75 Å². The standard InChI is InChI=1S/C16H22N4O2.C7H5F3O/c17-15-12-9-22-8-11(12)10-6-13(18-7-14(10)19-15)16(21)20-4-2-1-3-5-20;8-7(9,10)5-2-1-3-6(11)4-5/h13,18H,1-9H2,(H2,17,19);1-4,11H/t13-;/m0./s1. The first-order chi connectivity index (χ1) is 15.7. The molecule has 1 saturated heterocycles. The van der Waals surface area contributed by atoms with E-state index in [1.54, 1.807) is 0 Å². The Morgan fingerprint density at radius 2 is 1.88 bits per heavy atom. The fourth-order valence-corrected chi connectivity index (χ4v) is 4.46. The molecule has 0 unspecified atom stereocenters. The average molecular weight is 464 g/mol. The summed E-state index contributed by atoms with van der Waals surface area (Å²) < 4.78 is 41.1. The van der Waals surface area contributed by atoms with E-state index < -0.39 is 11.7 Å². The number of nitrogen functional groups attached to an aromatic ring is 1. The van der Waals surface area contributed by atoms with Crippen molar-refractivity contribution < 1.29 is 27.8 Å². The van der Waals surface area contributed by atoms with Crippen LogP contribution < -0.4 is 11.1 Å². The highest BCUT2D eigenvalue weighted by molar-refractivity contribution is 5.83. The topological polar surface area (TPSA) is 101 Å². The molecular weight excluding hydrogens is 437 g/mol. The predicted octanol–water partition coefficient (Wildman–Crippen LogP) is 3.13. The van der Waals surface area contributed by atoms with Crippen LogP contribution in [-0.2, 0) is 41.9 Å². The van der Waals surface area contributed by atoms with Gasteiger partial charge < -0.3 is 20.5 Å². The number of pyridine rings is 1. The molecule has 0 saturated carbocycles. The normalized spacial score (nSPS) is 19.8. The number of carbonyl (C=O) groups is 1. The predicted molar refractivity (Wildman–Crippen MR) is 115 cm³/mol. The number of carbonyl (C=O) groups excluding carboxylic acids is 1. The lowest BCUT2D eigenvalue weighted by atomic mass is 9.92. The summed E-state index contributed by atoms with van der Waals surface area (Å²) in [5.41, 5.74) is 9.52. The number of phenolic OH excluding ortho intramolecular Hbond substituents is 1. The van der Waals surface area contributed by atoms with E-state index in [1.807, 2.05) is 4.90 Å². The molecule has 1 atom stereocenters. The minimum absolute atomic E-state index is 0.138. The number of hydrogen-bond acceptors (Lipinski definition) is 6. The third-order valence-corrected chi connectivity index (χ3v) is 6.20. The van der Waals surface area contributed by atoms with Gasteiger partial charge in [-0.05, 0) is 55.0 Å². The summed E-state index contributed by atoms with van der Waals surface area (Å²) in [5.74, 6) is 0.434. The number of nitrogens with two attached hydrogens (primary N) is 1. The maximum atomic E-state index is 12.7. The van der Waals surface area contributed by atoms with Gasteiger partial charge >= 0.3 is 6.18 Å². The zero-order valence-corrected chi connectivity index (χ0v) is 18.1. The number of nitrogens with zero attached hydrogens (tertiary/aromatic N) is 2. The summed E-state index contributed by atoms with van der Waals surface area (Å²) in [5, 5.41) is 12.0. The zero-order chi connectivity index (χ0) is 23.6. The fourth-order valence-electron chi connectivity index (χ4n) is 4.46. The number of anilines is 1. The number of piperidine rings is 1. The Hall–Kier alpha value is -2.85. The number of ether oxygens (including phenoxy) is 1. The number of rotatable bonds is 1. The lowest BCUT2D eigenvalue weighted by molar-refractivity contribution is -0.137. The molecule has 10 heteroatoms. The Kier molecular flexibility index (Phi) is 6.76. The van der Waals surface area contributed by atoms with Crippen molar-refractivity contribution in [3.05, 3.63) is 52.2 Å². The molecule has 3 aliphatic rings. The molecule has 5 rings (SSSR count). The SMILES string of the molecule is Nc1nc2c(c3c1COC3)C[C@@H](C(=O)N1CCCCC1)NC2.Oc1cccc(C(F)(F)F)c1. The quantitative estimate of drug-likeness (QED) is 0.600. The van der Waals surface area contributed by atoms with Gasteiger partial charge in [-0.15, -0.1) is 0 Å². The molecule has 7 nitrogen and oxygen atoms in total. The summed E-state index contributed by atoms with van der Waals surface area (Å²) in [6.07, 6.45) is -0.201. The number of alkyl halides is 3. The zero-order valence-electron chi connectivity index (χ0n) is 18.1. The van der Waals surface area contributed by atoms with Crippen LogP contribution in [0.5, 0.6) is 5.75 Å². The molecule has 3 aliphatic heterocycles. The van der Waals surface area contributed by atoms with Crippen molar-refractivity contribution in [1.29, 1.82) is 0 Å². The van der Waals surface area contributed by atoms with Crippen molar-refractivity contribution in [2.75, 3.05) is 18.8 Å². The molecule has 1 fully saturated rings. The highest BCUT2D eigenvalue weighted by Gasteiger charge is 2.33. The summed E-state index contributed by atoms with van der Waals surface area (Å²) in [4.78, 5) is 19.2. The first-order valence-electron chi connectivity index (χ1n) is 11.0. The number of fused-ring (bicyclic) bond motifs is 3. The maximum Gasteiger partial charge on any atom is 0.416 e. The van der Waals surface area contributed by atoms with Crippen LogP contribution in [0.25, 0.3) is 0 Å². The molecule has 1 aromatic heterocycles. The molecule has 0 bridgehead atoms. The fraction of sp³-hybridized carbons (Fsp3) is 0.478. The van der Waals surface area contributed by atoms with Gasteiger partial charge in [0.2, 0.25) is 5.91 Å². The van der Waals surface area contributed by atoms with Crippen LogP contribution in [0.4, 0.5) is 19.0 Å². The Morgan fingerprint density at radius 3 is 2.55 bits per heavy atom. The maximum absolute atomic E-state index is 12.7. The number of benzene rings is 1. The third kappa shape index (κ3) is 5.22. The number of phenols is 1. The van der Waals surface area contributed by atoms with Gasteiger partial charge in [0.25, 0.3) is 0 Å². The van der Waals surface area contributed by atoms with E-state index in [0.29, 0.717) is 38.1 Å². The van der Waals surface area contributed by atoms with Crippen molar-refractivity contribution >= 4 is 11.7 Å². The molecule has 0 radical (unpaired) electrons. The van der Waals surface area contributed by atoms with E-state index in [0.717, 1.165) is 49.3 Å². The second-order valence-electron chi connectivity index (χ2n) is 8.44. The van der Waals surface area contributed by atoms with E-state index in [-0.39, 0.29) is 17.7 Å². The van der Waals surface area contributed by atoms with Gasteiger partial charge in [-0.2, -0.15) is 13.2 Å². The van der Waals surface area contributed by atoms with Crippen LogP contribution in [-0.4, -0.2) is 40.0 Å². The van der Waals surface area contributed by atoms with Crippen molar-refractivity contribution in [2.45, 2.75) is 57.7 Å². The van der Waals surface area contributed by atoms with Crippen LogP contribution in [0.3, 0.4) is 0 Å². The van der Waals surface area contributed by atoms with E-state index in [9.17, 15) is 18.0 Å². The van der Waals surface area contributed by atoms with Gasteiger partial charge in [0, 0.05) is 25.2 Å². The average Bonchev–Trinajstić information content (AvgIpc) is 3.30. The molecule has 4 heterocycles. The van der Waals surface area contributed by atoms with Crippen molar-refractivity contribution in [1.82, 2.24) is 15.2 Å². The van der Waals surface area contributed by atoms with Crippen LogP contribution in [0, 0.1) is 0 Å². The van der Waals surface area contributed by atoms with Gasteiger partial charge in [-0.1, -0.05) is 6.07 Å². The largest absolute Gasteiger partial charge is 0.508 e. The second kappa shape index (κ2) is 9.56. The highest BCUT2D eigenvalue weighted by atomic mass is 19.4. The Balaban J connectivity index is 0.000000200. The van der Waals surface area contributed by atoms with Gasteiger partial charge in [0.05, 0.1) is 30.5 Å². The highest BCUT2D eigenvalue weighted by Crippen LogP contribution is 2.32. The number of aromatic hydroxyl groups is 1. The first kappa shape index (κ1) is 23.3. The number of aromatic nitrogens is 1. The molecule has 4 N–H and O–H groups in total. The Morgan fingerprint density at radius 1 is 1.15 bits per heavy atom.